The van der Waals surface area contributed by atoms with Gasteiger partial charge in [-0.15, -0.1) is 0 Å². The summed E-state index contributed by atoms with van der Waals surface area (Å²) in [6.45, 7) is 0.551. The van der Waals surface area contributed by atoms with Gasteiger partial charge in [0.05, 0.1) is 17.1 Å². The van der Waals surface area contributed by atoms with Crippen molar-refractivity contribution in [3.8, 4) is 6.07 Å². The summed E-state index contributed by atoms with van der Waals surface area (Å²) < 4.78 is 12.1. The number of para-hydroxylation sites is 1. The van der Waals surface area contributed by atoms with E-state index in [1.807, 2.05) is 54.6 Å². The van der Waals surface area contributed by atoms with Crippen LogP contribution in [-0.4, -0.2) is 21.5 Å². The smallest absolute Gasteiger partial charge is 0.128 e. The third-order valence-electron chi connectivity index (χ3n) is 3.64. The maximum Gasteiger partial charge on any atom is 0.128 e. The number of hydrogen-bond donors (Lipinski definition) is 1. The molecular formula is C19H17N3OS. The molecule has 4 nitrogen and oxygen atoms in total. The number of nitrogens with one attached hydrogen (secondary N) is 1. The highest BCUT2D eigenvalue weighted by molar-refractivity contribution is 7.84. The predicted molar refractivity (Wildman–Crippen MR) is 98.1 cm³/mol. The maximum atomic E-state index is 12.1. The molecule has 3 aromatic rings. The second-order valence-corrected chi connectivity index (χ2v) is 6.96. The Labute approximate surface area is 143 Å². The van der Waals surface area contributed by atoms with Crippen LogP contribution in [0, 0.1) is 11.3 Å². The first kappa shape index (κ1) is 16.2. The van der Waals surface area contributed by atoms with Crippen molar-refractivity contribution in [1.29, 1.82) is 5.26 Å². The molecule has 0 saturated carbocycles. The van der Waals surface area contributed by atoms with E-state index < -0.39 is 10.8 Å². The highest BCUT2D eigenvalue weighted by Gasteiger charge is 2.06. The second kappa shape index (κ2) is 7.71. The summed E-state index contributed by atoms with van der Waals surface area (Å²) in [6, 6.07) is 21.3. The van der Waals surface area contributed by atoms with Gasteiger partial charge < -0.3 is 5.32 Å². The van der Waals surface area contributed by atoms with Crippen LogP contribution in [0.4, 0.5) is 5.82 Å². The average molecular weight is 335 g/mol. The average Bonchev–Trinajstić information content (AvgIpc) is 2.62. The van der Waals surface area contributed by atoms with Gasteiger partial charge in [0.15, 0.2) is 0 Å². The Morgan fingerprint density at radius 1 is 1.08 bits per heavy atom. The normalized spacial score (nSPS) is 11.8. The van der Waals surface area contributed by atoms with E-state index in [2.05, 4.69) is 16.4 Å². The molecule has 0 amide bonds. The zero-order valence-electron chi connectivity index (χ0n) is 13.1. The molecule has 5 heteroatoms. The number of aromatic nitrogens is 1. The number of hydrogen-bond acceptors (Lipinski definition) is 4. The minimum Gasteiger partial charge on any atom is -0.369 e. The Morgan fingerprint density at radius 2 is 1.83 bits per heavy atom. The lowest BCUT2D eigenvalue weighted by molar-refractivity contribution is 0.682. The van der Waals surface area contributed by atoms with Crippen molar-refractivity contribution in [3.05, 3.63) is 71.8 Å². The molecule has 0 aliphatic heterocycles. The van der Waals surface area contributed by atoms with Crippen molar-refractivity contribution < 1.29 is 4.21 Å². The largest absolute Gasteiger partial charge is 0.369 e. The van der Waals surface area contributed by atoms with Gasteiger partial charge in [-0.2, -0.15) is 5.26 Å². The summed E-state index contributed by atoms with van der Waals surface area (Å²) in [7, 11) is -0.934. The van der Waals surface area contributed by atoms with E-state index in [1.165, 1.54) is 0 Å². The van der Waals surface area contributed by atoms with E-state index in [4.69, 9.17) is 0 Å². The van der Waals surface area contributed by atoms with E-state index in [0.717, 1.165) is 16.5 Å². The summed E-state index contributed by atoms with van der Waals surface area (Å²) in [5, 5.41) is 13.3. The summed E-state index contributed by atoms with van der Waals surface area (Å²) in [4.78, 5) is 4.50. The van der Waals surface area contributed by atoms with Crippen molar-refractivity contribution >= 4 is 27.5 Å². The first-order chi connectivity index (χ1) is 11.8. The number of nitriles is 1. The number of pyridine rings is 1. The molecule has 1 unspecified atom stereocenters. The fourth-order valence-corrected chi connectivity index (χ4v) is 3.52. The molecule has 3 rings (SSSR count). The Kier molecular flexibility index (Phi) is 5.19. The molecule has 1 N–H and O–H groups in total. The molecule has 0 bridgehead atoms. The molecule has 0 radical (unpaired) electrons. The van der Waals surface area contributed by atoms with Crippen LogP contribution in [0.2, 0.25) is 0 Å². The fraction of sp³-hybridized carbons (Fsp3) is 0.158. The quantitative estimate of drug-likeness (QED) is 0.749. The molecule has 1 atom stereocenters. The molecule has 1 aromatic heterocycles. The molecule has 2 aromatic carbocycles. The number of anilines is 1. The third kappa shape index (κ3) is 3.98. The molecule has 0 aliphatic carbocycles. The minimum absolute atomic E-state index is 0.533. The SMILES string of the molecule is N#Cc1cc(NCCS(=O)Cc2ccccc2)nc2ccccc12. The van der Waals surface area contributed by atoms with Crippen molar-refractivity contribution in [1.82, 2.24) is 4.98 Å². The van der Waals surface area contributed by atoms with Gasteiger partial charge in [0, 0.05) is 34.2 Å². The number of nitrogens with zero attached hydrogens (tertiary/aromatic N) is 2. The maximum absolute atomic E-state index is 12.1. The van der Waals surface area contributed by atoms with Crippen LogP contribution in [-0.2, 0) is 16.6 Å². The van der Waals surface area contributed by atoms with E-state index in [-0.39, 0.29) is 0 Å². The molecule has 0 spiro atoms. The third-order valence-corrected chi connectivity index (χ3v) is 4.96. The van der Waals surface area contributed by atoms with Gasteiger partial charge in [-0.05, 0) is 17.7 Å². The minimum atomic E-state index is -0.934. The standard InChI is InChI=1S/C19H17N3OS/c20-13-16-12-19(22-18-9-5-4-8-17(16)18)21-10-11-24(23)14-15-6-2-1-3-7-15/h1-9,12H,10-11,14H2,(H,21,22). The van der Waals surface area contributed by atoms with Crippen LogP contribution in [0.15, 0.2) is 60.7 Å². The van der Waals surface area contributed by atoms with E-state index in [9.17, 15) is 9.47 Å². The zero-order chi connectivity index (χ0) is 16.8. The lowest BCUT2D eigenvalue weighted by Crippen LogP contribution is -2.13. The van der Waals surface area contributed by atoms with Gasteiger partial charge in [-0.25, -0.2) is 4.98 Å². The summed E-state index contributed by atoms with van der Waals surface area (Å²) in [5.74, 6) is 1.73. The van der Waals surface area contributed by atoms with Crippen molar-refractivity contribution in [2.45, 2.75) is 5.75 Å². The number of rotatable bonds is 6. The summed E-state index contributed by atoms with van der Waals surface area (Å²) in [6.07, 6.45) is 0. The van der Waals surface area contributed by atoms with Crippen LogP contribution in [0.25, 0.3) is 10.9 Å². The van der Waals surface area contributed by atoms with E-state index in [1.54, 1.807) is 6.07 Å². The Bertz CT molecular complexity index is 903. The second-order valence-electron chi connectivity index (χ2n) is 5.38. The van der Waals surface area contributed by atoms with E-state index >= 15 is 0 Å². The van der Waals surface area contributed by atoms with E-state index in [0.29, 0.717) is 29.4 Å². The first-order valence-corrected chi connectivity index (χ1v) is 9.18. The van der Waals surface area contributed by atoms with Gasteiger partial charge in [0.25, 0.3) is 0 Å². The van der Waals surface area contributed by atoms with Gasteiger partial charge in [0.2, 0.25) is 0 Å². The van der Waals surface area contributed by atoms with Crippen molar-refractivity contribution in [3.63, 3.8) is 0 Å². The van der Waals surface area contributed by atoms with Crippen LogP contribution in [0.5, 0.6) is 0 Å². The molecule has 120 valence electrons. The Balaban J connectivity index is 1.62. The topological polar surface area (TPSA) is 65.8 Å². The molecule has 1 heterocycles. The molecule has 24 heavy (non-hydrogen) atoms. The Morgan fingerprint density at radius 3 is 2.62 bits per heavy atom. The van der Waals surface area contributed by atoms with Gasteiger partial charge in [-0.3, -0.25) is 4.21 Å². The fourth-order valence-electron chi connectivity index (χ4n) is 2.48. The number of fused-ring (bicyclic) bond motifs is 1. The lowest BCUT2D eigenvalue weighted by Gasteiger charge is -2.08. The highest BCUT2D eigenvalue weighted by Crippen LogP contribution is 2.19. The van der Waals surface area contributed by atoms with Crippen LogP contribution in [0.1, 0.15) is 11.1 Å². The monoisotopic (exact) mass is 335 g/mol. The van der Waals surface area contributed by atoms with Gasteiger partial charge in [-0.1, -0.05) is 48.5 Å². The van der Waals surface area contributed by atoms with Crippen molar-refractivity contribution in [2.24, 2.45) is 0 Å². The van der Waals surface area contributed by atoms with Crippen molar-refractivity contribution in [2.75, 3.05) is 17.6 Å². The summed E-state index contributed by atoms with van der Waals surface area (Å²) >= 11 is 0. The predicted octanol–water partition coefficient (Wildman–Crippen LogP) is 3.47. The van der Waals surface area contributed by atoms with Crippen LogP contribution in [0.3, 0.4) is 0 Å². The highest BCUT2D eigenvalue weighted by atomic mass is 32.2. The summed E-state index contributed by atoms with van der Waals surface area (Å²) in [5.41, 5.74) is 2.45. The van der Waals surface area contributed by atoms with Crippen LogP contribution < -0.4 is 5.32 Å². The lowest BCUT2D eigenvalue weighted by atomic mass is 10.1. The molecule has 0 fully saturated rings. The number of benzene rings is 2. The molecule has 0 saturated heterocycles. The van der Waals surface area contributed by atoms with Crippen LogP contribution >= 0.6 is 0 Å². The van der Waals surface area contributed by atoms with Gasteiger partial charge in [0.1, 0.15) is 5.82 Å². The molecule has 0 aliphatic rings. The first-order valence-electron chi connectivity index (χ1n) is 7.69. The Hall–Kier alpha value is -2.71. The van der Waals surface area contributed by atoms with Gasteiger partial charge >= 0.3 is 0 Å². The zero-order valence-corrected chi connectivity index (χ0v) is 13.9. The molecular weight excluding hydrogens is 318 g/mol.